The molecule has 0 amide bonds. The fourth-order valence-electron chi connectivity index (χ4n) is 1.56. The van der Waals surface area contributed by atoms with Crippen molar-refractivity contribution in [2.75, 3.05) is 13.2 Å². The van der Waals surface area contributed by atoms with E-state index in [1.54, 1.807) is 18.3 Å². The molecule has 0 atom stereocenters. The first-order valence-corrected chi connectivity index (χ1v) is 5.65. The van der Waals surface area contributed by atoms with Crippen molar-refractivity contribution in [3.8, 4) is 11.1 Å². The van der Waals surface area contributed by atoms with Gasteiger partial charge in [-0.05, 0) is 6.07 Å². The molecule has 0 aliphatic heterocycles. The Kier molecular flexibility index (Phi) is 4.22. The molecule has 0 spiro atoms. The number of hydrogen-bond acceptors (Lipinski definition) is 5. The molecule has 0 fully saturated rings. The first-order chi connectivity index (χ1) is 9.22. The summed E-state index contributed by atoms with van der Waals surface area (Å²) in [6.45, 7) is -0.0508. The summed E-state index contributed by atoms with van der Waals surface area (Å²) >= 11 is 0. The molecule has 7 heteroatoms. The monoisotopic (exact) mass is 263 g/mol. The third-order valence-corrected chi connectivity index (χ3v) is 2.45. The molecule has 2 N–H and O–H groups in total. The maximum atomic E-state index is 11.7. The van der Waals surface area contributed by atoms with Crippen LogP contribution in [0.3, 0.4) is 0 Å². The predicted octanol–water partition coefficient (Wildman–Crippen LogP) is -0.435. The van der Waals surface area contributed by atoms with E-state index >= 15 is 0 Å². The summed E-state index contributed by atoms with van der Waals surface area (Å²) in [5.74, 6) is 0. The van der Waals surface area contributed by atoms with Crippen molar-refractivity contribution < 1.29 is 9.84 Å². The second-order valence-corrected chi connectivity index (χ2v) is 3.77. The Balaban J connectivity index is 2.37. The van der Waals surface area contributed by atoms with Gasteiger partial charge in [-0.15, -0.1) is 0 Å². The lowest BCUT2D eigenvalue weighted by Gasteiger charge is -2.07. The molecule has 2 aromatic heterocycles. The summed E-state index contributed by atoms with van der Waals surface area (Å²) in [6.07, 6.45) is 4.54. The van der Waals surface area contributed by atoms with E-state index in [9.17, 15) is 9.59 Å². The van der Waals surface area contributed by atoms with Crippen molar-refractivity contribution in [3.63, 3.8) is 0 Å². The molecule has 2 rings (SSSR count). The Morgan fingerprint density at radius 3 is 2.95 bits per heavy atom. The molecule has 7 nitrogen and oxygen atoms in total. The van der Waals surface area contributed by atoms with Gasteiger partial charge in [0.1, 0.15) is 6.73 Å². The van der Waals surface area contributed by atoms with Crippen molar-refractivity contribution in [1.82, 2.24) is 14.5 Å². The molecule has 0 saturated heterocycles. The number of aromatic amines is 1. The maximum absolute atomic E-state index is 11.7. The normalized spacial score (nSPS) is 10.6. The second kappa shape index (κ2) is 6.07. The molecule has 100 valence electrons. The minimum atomic E-state index is -0.560. The zero-order chi connectivity index (χ0) is 13.7. The van der Waals surface area contributed by atoms with E-state index in [1.165, 1.54) is 17.0 Å². The van der Waals surface area contributed by atoms with E-state index in [2.05, 4.69) is 9.97 Å². The Morgan fingerprint density at radius 2 is 2.26 bits per heavy atom. The molecule has 0 unspecified atom stereocenters. The number of hydrogen-bond donors (Lipinski definition) is 2. The number of aromatic nitrogens is 3. The molecule has 2 heterocycles. The van der Waals surface area contributed by atoms with Crippen LogP contribution in [0.1, 0.15) is 0 Å². The van der Waals surface area contributed by atoms with E-state index in [0.717, 1.165) is 0 Å². The molecular formula is C12H13N3O4. The molecule has 19 heavy (non-hydrogen) atoms. The fraction of sp³-hybridized carbons (Fsp3) is 0.250. The van der Waals surface area contributed by atoms with Crippen molar-refractivity contribution in [1.29, 1.82) is 0 Å². The van der Waals surface area contributed by atoms with Crippen molar-refractivity contribution in [2.24, 2.45) is 0 Å². The molecule has 0 bridgehead atoms. The summed E-state index contributed by atoms with van der Waals surface area (Å²) in [7, 11) is 0. The Morgan fingerprint density at radius 1 is 1.42 bits per heavy atom. The van der Waals surface area contributed by atoms with Gasteiger partial charge in [0, 0.05) is 24.2 Å². The lowest BCUT2D eigenvalue weighted by atomic mass is 10.1. The van der Waals surface area contributed by atoms with Gasteiger partial charge in [-0.3, -0.25) is 19.3 Å². The largest absolute Gasteiger partial charge is 0.394 e. The van der Waals surface area contributed by atoms with Gasteiger partial charge < -0.3 is 9.84 Å². The van der Waals surface area contributed by atoms with Gasteiger partial charge in [0.15, 0.2) is 0 Å². The van der Waals surface area contributed by atoms with Crippen molar-refractivity contribution >= 4 is 0 Å². The SMILES string of the molecule is O=c1[nH]c(=O)n(COCCO)cc1-c1cccnc1. The highest BCUT2D eigenvalue weighted by Gasteiger charge is 2.07. The minimum absolute atomic E-state index is 0.0383. The van der Waals surface area contributed by atoms with Gasteiger partial charge in [-0.1, -0.05) is 6.07 Å². The summed E-state index contributed by atoms with van der Waals surface area (Å²) in [5, 5.41) is 8.61. The van der Waals surface area contributed by atoms with Gasteiger partial charge in [0.2, 0.25) is 0 Å². The topological polar surface area (TPSA) is 97.2 Å². The van der Waals surface area contributed by atoms with Crippen LogP contribution in [-0.2, 0) is 11.5 Å². The zero-order valence-electron chi connectivity index (χ0n) is 10.1. The summed E-state index contributed by atoms with van der Waals surface area (Å²) in [4.78, 5) is 29.5. The van der Waals surface area contributed by atoms with Crippen LogP contribution in [0, 0.1) is 0 Å². The number of ether oxygens (including phenoxy) is 1. The molecule has 0 aliphatic carbocycles. The first-order valence-electron chi connectivity index (χ1n) is 5.65. The summed E-state index contributed by atoms with van der Waals surface area (Å²) < 4.78 is 6.28. The number of rotatable bonds is 5. The maximum Gasteiger partial charge on any atom is 0.330 e. The third-order valence-electron chi connectivity index (χ3n) is 2.45. The van der Waals surface area contributed by atoms with Crippen LogP contribution in [0.5, 0.6) is 0 Å². The predicted molar refractivity (Wildman–Crippen MR) is 67.6 cm³/mol. The standard InChI is InChI=1S/C12H13N3O4/c16-4-5-19-8-15-7-10(11(17)14-12(15)18)9-2-1-3-13-6-9/h1-3,6-7,16H,4-5,8H2,(H,14,17,18). The lowest BCUT2D eigenvalue weighted by Crippen LogP contribution is -2.31. The number of aliphatic hydroxyl groups excluding tert-OH is 1. The lowest BCUT2D eigenvalue weighted by molar-refractivity contribution is 0.0457. The molecule has 0 radical (unpaired) electrons. The Bertz CT molecular complexity index is 648. The minimum Gasteiger partial charge on any atom is -0.394 e. The van der Waals surface area contributed by atoms with Crippen LogP contribution in [0.4, 0.5) is 0 Å². The van der Waals surface area contributed by atoms with E-state index in [4.69, 9.17) is 9.84 Å². The van der Waals surface area contributed by atoms with Crippen LogP contribution in [-0.4, -0.2) is 32.9 Å². The zero-order valence-corrected chi connectivity index (χ0v) is 10.1. The van der Waals surface area contributed by atoms with E-state index in [1.807, 2.05) is 0 Å². The van der Waals surface area contributed by atoms with E-state index < -0.39 is 11.2 Å². The Hall–Kier alpha value is -2.25. The van der Waals surface area contributed by atoms with Gasteiger partial charge in [-0.2, -0.15) is 0 Å². The Labute approximate surface area is 108 Å². The quantitative estimate of drug-likeness (QED) is 0.713. The number of H-pyrrole nitrogens is 1. The third kappa shape index (κ3) is 3.15. The molecule has 2 aromatic rings. The first kappa shape index (κ1) is 13.2. The summed E-state index contributed by atoms with van der Waals surface area (Å²) in [6, 6.07) is 3.42. The van der Waals surface area contributed by atoms with Crippen LogP contribution in [0.2, 0.25) is 0 Å². The van der Waals surface area contributed by atoms with Crippen LogP contribution >= 0.6 is 0 Å². The highest BCUT2D eigenvalue weighted by atomic mass is 16.5. The van der Waals surface area contributed by atoms with Crippen molar-refractivity contribution in [3.05, 3.63) is 51.6 Å². The van der Waals surface area contributed by atoms with E-state index in [0.29, 0.717) is 11.1 Å². The average molecular weight is 263 g/mol. The molecule has 0 saturated carbocycles. The number of aliphatic hydroxyl groups is 1. The average Bonchev–Trinajstić information content (AvgIpc) is 2.42. The highest BCUT2D eigenvalue weighted by molar-refractivity contribution is 5.59. The number of nitrogens with zero attached hydrogens (tertiary/aromatic N) is 2. The molecule has 0 aliphatic rings. The molecule has 0 aromatic carbocycles. The van der Waals surface area contributed by atoms with Crippen LogP contribution < -0.4 is 11.2 Å². The van der Waals surface area contributed by atoms with Gasteiger partial charge in [0.05, 0.1) is 18.8 Å². The molecular weight excluding hydrogens is 250 g/mol. The summed E-state index contributed by atoms with van der Waals surface area (Å²) in [5.41, 5.74) is -0.0908. The number of pyridine rings is 1. The second-order valence-electron chi connectivity index (χ2n) is 3.77. The highest BCUT2D eigenvalue weighted by Crippen LogP contribution is 2.11. The van der Waals surface area contributed by atoms with E-state index in [-0.39, 0.29) is 19.9 Å². The number of nitrogens with one attached hydrogen (secondary N) is 1. The van der Waals surface area contributed by atoms with Gasteiger partial charge in [0.25, 0.3) is 5.56 Å². The van der Waals surface area contributed by atoms with Crippen molar-refractivity contribution in [2.45, 2.75) is 6.73 Å². The van der Waals surface area contributed by atoms with Gasteiger partial charge >= 0.3 is 5.69 Å². The van der Waals surface area contributed by atoms with Crippen LogP contribution in [0.25, 0.3) is 11.1 Å². The van der Waals surface area contributed by atoms with Crippen LogP contribution in [0.15, 0.2) is 40.3 Å². The fourth-order valence-corrected chi connectivity index (χ4v) is 1.56. The smallest absolute Gasteiger partial charge is 0.330 e. The van der Waals surface area contributed by atoms with Gasteiger partial charge in [-0.25, -0.2) is 4.79 Å².